The molecule has 0 saturated carbocycles. The van der Waals surface area contributed by atoms with Gasteiger partial charge < -0.3 is 20.5 Å². The molecule has 1 aliphatic heterocycles. The van der Waals surface area contributed by atoms with E-state index in [2.05, 4.69) is 10.6 Å². The van der Waals surface area contributed by atoms with Crippen LogP contribution in [0.5, 0.6) is 0 Å². The van der Waals surface area contributed by atoms with Crippen molar-refractivity contribution < 1.29 is 19.4 Å². The van der Waals surface area contributed by atoms with E-state index in [0.717, 1.165) is 0 Å². The van der Waals surface area contributed by atoms with Gasteiger partial charge in [-0.05, 0) is 6.92 Å². The first-order valence-corrected chi connectivity index (χ1v) is 4.01. The summed E-state index contributed by atoms with van der Waals surface area (Å²) in [5.41, 5.74) is 0. The highest BCUT2D eigenvalue weighted by Crippen LogP contribution is 2.07. The summed E-state index contributed by atoms with van der Waals surface area (Å²) < 4.78 is 4.70. The lowest BCUT2D eigenvalue weighted by Crippen LogP contribution is -2.46. The van der Waals surface area contributed by atoms with Crippen molar-refractivity contribution in [3.8, 4) is 0 Å². The molecule has 2 amide bonds. The maximum Gasteiger partial charge on any atom is 0.408 e. The average Bonchev–Trinajstić information content (AvgIpc) is 2.41. The number of carbonyl (C=O) groups excluding carboxylic acids is 2. The molecule has 0 aliphatic carbocycles. The highest BCUT2D eigenvalue weighted by atomic mass is 16.6. The Balaban J connectivity index is 2.42. The first-order valence-electron chi connectivity index (χ1n) is 4.01. The number of hydrogen-bond acceptors (Lipinski definition) is 4. The van der Waals surface area contributed by atoms with Gasteiger partial charge in [0.05, 0.1) is 6.61 Å². The Hall–Kier alpha value is -1.30. The molecule has 2 atom stereocenters. The third-order valence-electron chi connectivity index (χ3n) is 1.73. The molecule has 0 radical (unpaired) electrons. The van der Waals surface area contributed by atoms with Crippen LogP contribution in [-0.4, -0.2) is 42.4 Å². The Labute approximate surface area is 75.3 Å². The summed E-state index contributed by atoms with van der Waals surface area (Å²) in [4.78, 5) is 21.9. The van der Waals surface area contributed by atoms with Crippen molar-refractivity contribution >= 4 is 12.0 Å². The van der Waals surface area contributed by atoms with E-state index >= 15 is 0 Å². The fraction of sp³-hybridized carbons (Fsp3) is 0.714. The second kappa shape index (κ2) is 4.08. The smallest absolute Gasteiger partial charge is 0.408 e. The molecule has 0 spiro atoms. The van der Waals surface area contributed by atoms with Gasteiger partial charge in [-0.15, -0.1) is 0 Å². The quantitative estimate of drug-likeness (QED) is 0.508. The van der Waals surface area contributed by atoms with Gasteiger partial charge in [-0.25, -0.2) is 4.79 Å². The van der Waals surface area contributed by atoms with Crippen LogP contribution >= 0.6 is 0 Å². The highest BCUT2D eigenvalue weighted by Gasteiger charge is 2.35. The summed E-state index contributed by atoms with van der Waals surface area (Å²) in [6.07, 6.45) is -1.05. The number of cyclic esters (lactones) is 1. The number of aliphatic hydroxyl groups excluding tert-OH is 1. The third kappa shape index (κ3) is 2.32. The van der Waals surface area contributed by atoms with E-state index in [-0.39, 0.29) is 19.1 Å². The molecule has 2 unspecified atom stereocenters. The zero-order valence-corrected chi connectivity index (χ0v) is 7.24. The number of carbonyl (C=O) groups is 2. The fourth-order valence-electron chi connectivity index (χ4n) is 1.08. The molecular weight excluding hydrogens is 176 g/mol. The van der Waals surface area contributed by atoms with Crippen molar-refractivity contribution in [2.75, 3.05) is 13.2 Å². The van der Waals surface area contributed by atoms with Crippen LogP contribution in [0.2, 0.25) is 0 Å². The minimum atomic E-state index is -0.654. The zero-order chi connectivity index (χ0) is 9.84. The number of nitrogens with one attached hydrogen (secondary N) is 2. The third-order valence-corrected chi connectivity index (χ3v) is 1.73. The van der Waals surface area contributed by atoms with Gasteiger partial charge in [0.15, 0.2) is 0 Å². The predicted octanol–water partition coefficient (Wildman–Crippen LogP) is -1.41. The molecule has 3 N–H and O–H groups in total. The van der Waals surface area contributed by atoms with E-state index in [1.807, 2.05) is 0 Å². The zero-order valence-electron chi connectivity index (χ0n) is 7.24. The lowest BCUT2D eigenvalue weighted by molar-refractivity contribution is -0.123. The Kier molecular flexibility index (Phi) is 3.07. The molecule has 0 aromatic rings. The number of aliphatic hydroxyl groups is 1. The number of amides is 2. The van der Waals surface area contributed by atoms with Crippen molar-refractivity contribution in [2.24, 2.45) is 0 Å². The molecule has 1 fully saturated rings. The molecule has 13 heavy (non-hydrogen) atoms. The molecule has 6 heteroatoms. The largest absolute Gasteiger partial charge is 0.444 e. The van der Waals surface area contributed by atoms with Crippen LogP contribution < -0.4 is 10.6 Å². The second-order valence-corrected chi connectivity index (χ2v) is 2.75. The normalized spacial score (nSPS) is 26.5. The van der Waals surface area contributed by atoms with E-state index in [0.29, 0.717) is 0 Å². The number of alkyl carbamates (subject to hydrolysis) is 1. The molecule has 1 saturated heterocycles. The van der Waals surface area contributed by atoms with E-state index in [1.165, 1.54) is 0 Å². The Morgan fingerprint density at radius 1 is 1.77 bits per heavy atom. The summed E-state index contributed by atoms with van der Waals surface area (Å²) in [6.45, 7) is 1.68. The monoisotopic (exact) mass is 188 g/mol. The maximum atomic E-state index is 11.2. The van der Waals surface area contributed by atoms with Gasteiger partial charge >= 0.3 is 6.09 Å². The Bertz CT molecular complexity index is 219. The summed E-state index contributed by atoms with van der Waals surface area (Å²) in [6, 6.07) is -0.654. The molecule has 0 bridgehead atoms. The van der Waals surface area contributed by atoms with Crippen LogP contribution in [0.15, 0.2) is 0 Å². The molecule has 1 heterocycles. The molecule has 1 rings (SSSR count). The van der Waals surface area contributed by atoms with Crippen LogP contribution in [0.1, 0.15) is 6.92 Å². The van der Waals surface area contributed by atoms with Gasteiger partial charge in [0.2, 0.25) is 5.91 Å². The second-order valence-electron chi connectivity index (χ2n) is 2.75. The predicted molar refractivity (Wildman–Crippen MR) is 43.0 cm³/mol. The Morgan fingerprint density at radius 3 is 2.92 bits per heavy atom. The van der Waals surface area contributed by atoms with Gasteiger partial charge in [-0.3, -0.25) is 4.79 Å². The van der Waals surface area contributed by atoms with E-state index < -0.39 is 18.2 Å². The van der Waals surface area contributed by atoms with Crippen LogP contribution in [0.4, 0.5) is 4.79 Å². The van der Waals surface area contributed by atoms with Crippen LogP contribution in [-0.2, 0) is 9.53 Å². The molecule has 0 aromatic carbocycles. The first-order chi connectivity index (χ1) is 6.15. The first kappa shape index (κ1) is 9.79. The van der Waals surface area contributed by atoms with Gasteiger partial charge in [-0.1, -0.05) is 0 Å². The minimum absolute atomic E-state index is 0.123. The summed E-state index contributed by atoms with van der Waals surface area (Å²) in [7, 11) is 0. The van der Waals surface area contributed by atoms with Gasteiger partial charge in [-0.2, -0.15) is 0 Å². The van der Waals surface area contributed by atoms with Crippen molar-refractivity contribution in [3.05, 3.63) is 0 Å². The van der Waals surface area contributed by atoms with E-state index in [9.17, 15) is 9.59 Å². The Morgan fingerprint density at radius 2 is 2.46 bits per heavy atom. The fourth-order valence-corrected chi connectivity index (χ4v) is 1.08. The van der Waals surface area contributed by atoms with Crippen molar-refractivity contribution in [1.29, 1.82) is 0 Å². The SMILES string of the molecule is CC1OC(=O)NC1C(=O)NCCO. The molecule has 74 valence electrons. The van der Waals surface area contributed by atoms with Crippen molar-refractivity contribution in [3.63, 3.8) is 0 Å². The van der Waals surface area contributed by atoms with Gasteiger partial charge in [0, 0.05) is 6.54 Å². The highest BCUT2D eigenvalue weighted by molar-refractivity contribution is 5.88. The molecule has 1 aliphatic rings. The van der Waals surface area contributed by atoms with Crippen molar-refractivity contribution in [1.82, 2.24) is 10.6 Å². The molecule has 0 aromatic heterocycles. The van der Waals surface area contributed by atoms with Crippen molar-refractivity contribution in [2.45, 2.75) is 19.1 Å². The van der Waals surface area contributed by atoms with Crippen LogP contribution in [0, 0.1) is 0 Å². The van der Waals surface area contributed by atoms with Gasteiger partial charge in [0.1, 0.15) is 12.1 Å². The van der Waals surface area contributed by atoms with Gasteiger partial charge in [0.25, 0.3) is 0 Å². The summed E-state index contributed by atoms with van der Waals surface area (Å²) >= 11 is 0. The molecular formula is C7H12N2O4. The standard InChI is InChI=1S/C7H12N2O4/c1-4-5(9-7(12)13-4)6(11)8-2-3-10/h4-5,10H,2-3H2,1H3,(H,8,11)(H,9,12). The number of hydrogen-bond donors (Lipinski definition) is 3. The topological polar surface area (TPSA) is 87.7 Å². The summed E-state index contributed by atoms with van der Waals surface area (Å²) in [5, 5.41) is 13.2. The summed E-state index contributed by atoms with van der Waals surface area (Å²) in [5.74, 6) is -0.340. The van der Waals surface area contributed by atoms with Crippen LogP contribution in [0.25, 0.3) is 0 Å². The van der Waals surface area contributed by atoms with E-state index in [4.69, 9.17) is 9.84 Å². The number of ether oxygens (including phenoxy) is 1. The maximum absolute atomic E-state index is 11.2. The molecule has 6 nitrogen and oxygen atoms in total. The average molecular weight is 188 g/mol. The lowest BCUT2D eigenvalue weighted by Gasteiger charge is -2.11. The number of rotatable bonds is 3. The minimum Gasteiger partial charge on any atom is -0.444 e. The lowest BCUT2D eigenvalue weighted by atomic mass is 10.2. The van der Waals surface area contributed by atoms with Crippen LogP contribution in [0.3, 0.4) is 0 Å². The van der Waals surface area contributed by atoms with E-state index in [1.54, 1.807) is 6.92 Å².